The van der Waals surface area contributed by atoms with Crippen LogP contribution in [0.5, 0.6) is 11.8 Å². The molecule has 3 fully saturated rings. The van der Waals surface area contributed by atoms with Gasteiger partial charge in [0, 0.05) is 62.0 Å². The fourth-order valence-electron chi connectivity index (χ4n) is 8.55. The van der Waals surface area contributed by atoms with Crippen LogP contribution in [-0.4, -0.2) is 103 Å². The molecule has 1 N–H and O–H groups in total. The molecule has 0 aliphatic carbocycles. The van der Waals surface area contributed by atoms with Crippen LogP contribution in [0.25, 0.3) is 39.0 Å². The summed E-state index contributed by atoms with van der Waals surface area (Å²) in [7, 11) is 1.73. The first-order valence-corrected chi connectivity index (χ1v) is 18.0. The van der Waals surface area contributed by atoms with E-state index in [9.17, 15) is 18.7 Å². The number of carbonyl (C=O) groups excluding carboxylic acids is 1. The second-order valence-corrected chi connectivity index (χ2v) is 14.4. The number of anilines is 1. The summed E-state index contributed by atoms with van der Waals surface area (Å²) in [5.74, 6) is -1.06. The lowest BCUT2D eigenvalue weighted by atomic mass is 9.95. The number of aromatic nitrogens is 5. The summed E-state index contributed by atoms with van der Waals surface area (Å²) < 4.78 is 68.0. The summed E-state index contributed by atoms with van der Waals surface area (Å²) in [6.45, 7) is 3.13. The highest BCUT2D eigenvalue weighted by Gasteiger charge is 2.49. The van der Waals surface area contributed by atoms with Crippen LogP contribution in [0.3, 0.4) is 0 Å². The lowest BCUT2D eigenvalue weighted by molar-refractivity contribution is -0.129. The van der Waals surface area contributed by atoms with Gasteiger partial charge in [0.15, 0.2) is 11.6 Å². The van der Waals surface area contributed by atoms with Crippen molar-refractivity contribution in [2.75, 3.05) is 38.2 Å². The Morgan fingerprint density at radius 3 is 2.84 bits per heavy atom. The highest BCUT2D eigenvalue weighted by molar-refractivity contribution is 6.03. The number of pyridine rings is 1. The molecule has 3 aliphatic heterocycles. The van der Waals surface area contributed by atoms with Gasteiger partial charge in [-0.05, 0) is 68.4 Å². The highest BCUT2D eigenvalue weighted by Crippen LogP contribution is 2.42. The molecule has 3 saturated heterocycles. The third-order valence-electron chi connectivity index (χ3n) is 11.2. The number of fused-ring (bicyclic) bond motifs is 3. The van der Waals surface area contributed by atoms with Crippen LogP contribution in [0.4, 0.5) is 23.4 Å². The Labute approximate surface area is 313 Å². The molecule has 0 radical (unpaired) electrons. The van der Waals surface area contributed by atoms with E-state index in [0.29, 0.717) is 24.8 Å². The number of carbonyl (C=O) groups is 1. The number of alkyl halides is 1. The van der Waals surface area contributed by atoms with Crippen molar-refractivity contribution in [2.45, 2.75) is 56.4 Å². The fourth-order valence-corrected chi connectivity index (χ4v) is 8.55. The molecular formula is C40H36F4N8O3. The molecule has 0 spiro atoms. The minimum absolute atomic E-state index is 0.0494. The maximum atomic E-state index is 17.0. The molecule has 0 unspecified atom stereocenters. The van der Waals surface area contributed by atoms with Crippen LogP contribution < -0.4 is 9.64 Å². The number of nitrogens with zero attached hydrogens (tertiary/aromatic N) is 8. The first-order valence-electron chi connectivity index (χ1n) is 18.0. The van der Waals surface area contributed by atoms with Crippen LogP contribution in [0.15, 0.2) is 54.6 Å². The van der Waals surface area contributed by atoms with Crippen molar-refractivity contribution in [1.29, 1.82) is 0 Å². The van der Waals surface area contributed by atoms with E-state index in [1.807, 2.05) is 0 Å². The van der Waals surface area contributed by atoms with E-state index in [2.05, 4.69) is 31.0 Å². The Morgan fingerprint density at radius 2 is 2.05 bits per heavy atom. The molecule has 1 amide bonds. The monoisotopic (exact) mass is 752 g/mol. The molecule has 2 aromatic carbocycles. The second-order valence-electron chi connectivity index (χ2n) is 14.4. The third-order valence-corrected chi connectivity index (χ3v) is 11.2. The molecule has 11 nitrogen and oxygen atoms in total. The third kappa shape index (κ3) is 6.33. The number of amides is 1. The van der Waals surface area contributed by atoms with Gasteiger partial charge >= 0.3 is 6.01 Å². The van der Waals surface area contributed by atoms with E-state index in [1.54, 1.807) is 24.9 Å². The maximum absolute atomic E-state index is 17.0. The highest BCUT2D eigenvalue weighted by atomic mass is 19.1. The number of phenolic OH excluding ortho intramolecular Hbond substituents is 1. The van der Waals surface area contributed by atoms with Crippen LogP contribution in [0, 0.1) is 24.0 Å². The summed E-state index contributed by atoms with van der Waals surface area (Å²) in [4.78, 5) is 32.2. The number of ether oxygens (including phenoxy) is 1. The van der Waals surface area contributed by atoms with E-state index in [4.69, 9.17) is 16.1 Å². The summed E-state index contributed by atoms with van der Waals surface area (Å²) >= 11 is 0. The molecule has 55 heavy (non-hydrogen) atoms. The zero-order valence-corrected chi connectivity index (χ0v) is 30.0. The molecule has 3 aromatic heterocycles. The largest absolute Gasteiger partial charge is 0.508 e. The molecule has 282 valence electrons. The van der Waals surface area contributed by atoms with Gasteiger partial charge in [-0.2, -0.15) is 20.2 Å². The molecule has 8 rings (SSSR count). The van der Waals surface area contributed by atoms with Crippen LogP contribution >= 0.6 is 0 Å². The number of rotatable bonds is 8. The number of benzene rings is 2. The maximum Gasteiger partial charge on any atom is 0.319 e. The van der Waals surface area contributed by atoms with E-state index in [0.717, 1.165) is 25.5 Å². The molecular weight excluding hydrogens is 716 g/mol. The Balaban J connectivity index is 1.20. The van der Waals surface area contributed by atoms with Gasteiger partial charge in [0.1, 0.15) is 41.4 Å². The zero-order chi connectivity index (χ0) is 38.6. The summed E-state index contributed by atoms with van der Waals surface area (Å²) in [6, 6.07) is 7.27. The van der Waals surface area contributed by atoms with Crippen LogP contribution in [-0.2, 0) is 4.79 Å². The number of likely N-dealkylation sites (N-methyl/N-ethyl adjacent to an activating group) is 1. The number of halogens is 4. The van der Waals surface area contributed by atoms with Crippen molar-refractivity contribution < 1.29 is 32.2 Å². The van der Waals surface area contributed by atoms with Crippen LogP contribution in [0.2, 0.25) is 0 Å². The van der Waals surface area contributed by atoms with Crippen molar-refractivity contribution in [3.05, 3.63) is 77.5 Å². The Kier molecular flexibility index (Phi) is 9.24. The average Bonchev–Trinajstić information content (AvgIpc) is 3.84. The number of likely N-dealkylation sites (tertiary alicyclic amines) is 1. The molecule has 6 heterocycles. The van der Waals surface area contributed by atoms with E-state index in [-0.39, 0.29) is 69.5 Å². The van der Waals surface area contributed by atoms with Gasteiger partial charge in [0.05, 0.1) is 28.2 Å². The molecule has 0 bridgehead atoms. The smallest absolute Gasteiger partial charge is 0.319 e. The van der Waals surface area contributed by atoms with Crippen molar-refractivity contribution in [3.8, 4) is 35.4 Å². The van der Waals surface area contributed by atoms with Crippen molar-refractivity contribution in [2.24, 2.45) is 0 Å². The van der Waals surface area contributed by atoms with E-state index in [1.165, 1.54) is 47.6 Å². The summed E-state index contributed by atoms with van der Waals surface area (Å²) in [5, 5.41) is 18.9. The standard InChI is InChI=1S/C40H36F4N8O3/c1-4-27-30(42)9-8-23-15-26(53)17-28(33(23)27)35-34(44)36-29(19-45-35)37(48-39(47-36)55-21-40-11-6-13-51(40)20-24(41)18-40)50(3)32-10-14-52(22(32)2)38(54)31(43)16-25-7-5-12-46-49-25/h1,5,7-9,12,15-17,19,22,24,32,53H,6,10-11,13-14,18,20-21H2,2-3H3/b31-16-/t22-,24-,32-,40+/m1/s1. The van der Waals surface area contributed by atoms with Crippen molar-refractivity contribution >= 4 is 39.5 Å². The number of aromatic hydroxyl groups is 1. The van der Waals surface area contributed by atoms with Crippen molar-refractivity contribution in [1.82, 2.24) is 34.9 Å². The average molecular weight is 753 g/mol. The van der Waals surface area contributed by atoms with Crippen molar-refractivity contribution in [3.63, 3.8) is 0 Å². The number of hydrogen-bond donors (Lipinski definition) is 1. The van der Waals surface area contributed by atoms with Gasteiger partial charge in [-0.15, -0.1) is 6.42 Å². The number of phenols is 1. The fraction of sp³-hybridized carbons (Fsp3) is 0.350. The van der Waals surface area contributed by atoms with Gasteiger partial charge in [0.2, 0.25) is 0 Å². The number of terminal acetylenes is 1. The van der Waals surface area contributed by atoms with Gasteiger partial charge < -0.3 is 19.6 Å². The zero-order valence-electron chi connectivity index (χ0n) is 30.0. The molecule has 4 atom stereocenters. The SMILES string of the molecule is C#Cc1c(F)ccc2cc(O)cc(-c3ncc4c(N(C)[C@@H]5CCN(C(=O)/C(F)=C/c6cccnn6)[C@@H]5C)nc(OC[C@@]56CCCN5C[C@H](F)C6)nc4c3F)c12. The van der Waals surface area contributed by atoms with E-state index < -0.39 is 47.2 Å². The molecule has 3 aliphatic rings. The van der Waals surface area contributed by atoms with Gasteiger partial charge in [-0.25, -0.2) is 17.6 Å². The lowest BCUT2D eigenvalue weighted by Gasteiger charge is -2.33. The van der Waals surface area contributed by atoms with Gasteiger partial charge in [-0.1, -0.05) is 12.0 Å². The minimum atomic E-state index is -1.00. The lowest BCUT2D eigenvalue weighted by Crippen LogP contribution is -2.44. The van der Waals surface area contributed by atoms with Crippen LogP contribution in [0.1, 0.15) is 43.9 Å². The second kappa shape index (κ2) is 14.1. The molecule has 0 saturated carbocycles. The number of hydrogen-bond acceptors (Lipinski definition) is 10. The first-order chi connectivity index (χ1) is 26.5. The predicted octanol–water partition coefficient (Wildman–Crippen LogP) is 5.99. The van der Waals surface area contributed by atoms with Gasteiger partial charge in [0.25, 0.3) is 5.91 Å². The quantitative estimate of drug-likeness (QED) is 0.115. The minimum Gasteiger partial charge on any atom is -0.508 e. The Bertz CT molecular complexity index is 2410. The molecule has 15 heteroatoms. The Morgan fingerprint density at radius 1 is 1.22 bits per heavy atom. The topological polar surface area (TPSA) is 121 Å². The van der Waals surface area contributed by atoms with Gasteiger partial charge in [-0.3, -0.25) is 14.7 Å². The van der Waals surface area contributed by atoms with E-state index >= 15 is 8.78 Å². The summed E-state index contributed by atoms with van der Waals surface area (Å²) in [5.41, 5.74) is -0.858. The molecule has 5 aromatic rings. The predicted molar refractivity (Wildman–Crippen MR) is 197 cm³/mol. The first kappa shape index (κ1) is 36.1. The summed E-state index contributed by atoms with van der Waals surface area (Å²) in [6.07, 6.45) is 10.9. The normalized spacial score (nSPS) is 22.7. The Hall–Kier alpha value is -5.88.